The zero-order valence-electron chi connectivity index (χ0n) is 66.5. The zero-order valence-corrected chi connectivity index (χ0v) is 66.5. The predicted molar refractivity (Wildman–Crippen MR) is 471 cm³/mol. The van der Waals surface area contributed by atoms with Crippen molar-refractivity contribution >= 4 is 71.2 Å². The largest absolute Gasteiger partial charge is 0.508 e. The second-order valence-corrected chi connectivity index (χ2v) is 25.9. The lowest BCUT2D eigenvalue weighted by Crippen LogP contribution is -1.95. The molecule has 21 heteroatoms. The van der Waals surface area contributed by atoms with Gasteiger partial charge in [0, 0.05) is 24.3 Å². The van der Waals surface area contributed by atoms with Crippen molar-refractivity contribution in [2.24, 2.45) is 0 Å². The summed E-state index contributed by atoms with van der Waals surface area (Å²) < 4.78 is 26.0. The van der Waals surface area contributed by atoms with E-state index in [-0.39, 0.29) is 114 Å². The minimum atomic E-state index is -0.342. The summed E-state index contributed by atoms with van der Waals surface area (Å²) in [6.45, 7) is 0.495. The topological polar surface area (TPSA) is 351 Å². The summed E-state index contributed by atoms with van der Waals surface area (Å²) in [6.07, 6.45) is 18.4. The molecule has 0 aliphatic heterocycles. The van der Waals surface area contributed by atoms with Crippen LogP contribution in [0.3, 0.4) is 0 Å². The SMILES string of the molecule is COc1ccc(/C=C/C(=O)c2ccc(O)cc2O)cc1.COc1ccc(/C=C/C(=O)c2ccccc2O)cc1.COc1cccc(/C=C/C(=O)c2ccc(O)cc2O)c1.COc1cccc(/C=C/C(=O)c2ccccc2O)c1.O=C(/C=C/c1ccc(OCc2ccccc2)cc1)c1ccc(O)cc1O.O=C(/C=C/c1ccccc1)c1ccc(O)cc1O. The lowest BCUT2D eigenvalue weighted by atomic mass is 10.1. The Hall–Kier alpha value is -16.7. The fourth-order valence-corrected chi connectivity index (χ4v) is 10.7. The number of ketones is 6. The third-order valence-electron chi connectivity index (χ3n) is 17.2. The number of carbonyl (C=O) groups excluding carboxylic acids is 6. The maximum Gasteiger partial charge on any atom is 0.189 e. The van der Waals surface area contributed by atoms with Crippen molar-refractivity contribution in [3.8, 4) is 86.2 Å². The van der Waals surface area contributed by atoms with Crippen molar-refractivity contribution in [1.29, 1.82) is 0 Å². The molecule has 13 aromatic rings. The highest BCUT2D eigenvalue weighted by Gasteiger charge is 2.14. The molecule has 0 unspecified atom stereocenters. The van der Waals surface area contributed by atoms with Crippen molar-refractivity contribution < 1.29 is 104 Å². The molecular formula is C101H86O21. The third-order valence-corrected chi connectivity index (χ3v) is 17.2. The van der Waals surface area contributed by atoms with E-state index in [4.69, 9.17) is 28.8 Å². The zero-order chi connectivity index (χ0) is 87.7. The molecule has 0 saturated carbocycles. The number of hydrogen-bond acceptors (Lipinski definition) is 21. The molecule has 0 aromatic heterocycles. The molecule has 0 aliphatic rings. The van der Waals surface area contributed by atoms with E-state index in [1.165, 1.54) is 97.1 Å². The van der Waals surface area contributed by atoms with Crippen LogP contribution in [0.5, 0.6) is 86.2 Å². The molecular weight excluding hydrogens is 1550 g/mol. The van der Waals surface area contributed by atoms with Gasteiger partial charge in [0.2, 0.25) is 0 Å². The summed E-state index contributed by atoms with van der Waals surface area (Å²) in [5, 5.41) is 94.4. The summed E-state index contributed by atoms with van der Waals surface area (Å²) in [5.74, 6) is 0.587. The monoisotopic (exact) mass is 1630 g/mol. The molecule has 0 radical (unpaired) electrons. The highest BCUT2D eigenvalue weighted by atomic mass is 16.5. The Bertz CT molecular complexity index is 5870. The van der Waals surface area contributed by atoms with Gasteiger partial charge in [-0.15, -0.1) is 0 Å². The van der Waals surface area contributed by atoms with Crippen LogP contribution in [-0.2, 0) is 6.61 Å². The summed E-state index contributed by atoms with van der Waals surface area (Å²) in [4.78, 5) is 71.6. The smallest absolute Gasteiger partial charge is 0.189 e. The number of aromatic hydroxyl groups is 10. The molecule has 10 N–H and O–H groups in total. The van der Waals surface area contributed by atoms with Crippen molar-refractivity contribution in [3.63, 3.8) is 0 Å². The normalized spacial score (nSPS) is 10.7. The van der Waals surface area contributed by atoms with Crippen LogP contribution in [0.2, 0.25) is 0 Å². The van der Waals surface area contributed by atoms with Gasteiger partial charge in [-0.3, -0.25) is 28.8 Å². The first-order chi connectivity index (χ1) is 58.9. The maximum atomic E-state index is 12.1. The molecule has 0 heterocycles. The Kier molecular flexibility index (Phi) is 35.3. The van der Waals surface area contributed by atoms with E-state index in [0.29, 0.717) is 23.5 Å². The molecule has 0 amide bonds. The Morgan fingerprint density at radius 2 is 0.467 bits per heavy atom. The maximum absolute atomic E-state index is 12.1. The number of benzene rings is 13. The second-order valence-electron chi connectivity index (χ2n) is 25.9. The van der Waals surface area contributed by atoms with Crippen LogP contribution in [0, 0.1) is 0 Å². The number of hydrogen-bond donors (Lipinski definition) is 10. The average Bonchev–Trinajstić information content (AvgIpc) is 0.866. The quantitative estimate of drug-likeness (QED) is 0.0188. The van der Waals surface area contributed by atoms with Gasteiger partial charge in [-0.25, -0.2) is 0 Å². The van der Waals surface area contributed by atoms with Crippen LogP contribution >= 0.6 is 0 Å². The minimum Gasteiger partial charge on any atom is -0.508 e. The van der Waals surface area contributed by atoms with Crippen molar-refractivity contribution in [2.45, 2.75) is 6.61 Å². The number of rotatable bonds is 25. The molecule has 0 atom stereocenters. The van der Waals surface area contributed by atoms with Gasteiger partial charge in [-0.2, -0.15) is 0 Å². The van der Waals surface area contributed by atoms with E-state index in [2.05, 4.69) is 0 Å². The fraction of sp³-hybridized carbons (Fsp3) is 0.0495. The van der Waals surface area contributed by atoms with Crippen LogP contribution in [0.1, 0.15) is 101 Å². The number of methoxy groups -OCH3 is 4. The van der Waals surface area contributed by atoms with Crippen LogP contribution < -0.4 is 23.7 Å². The lowest BCUT2D eigenvalue weighted by molar-refractivity contribution is 0.103. The predicted octanol–water partition coefficient (Wildman–Crippen LogP) is 20.2. The van der Waals surface area contributed by atoms with Gasteiger partial charge in [0.25, 0.3) is 0 Å². The average molecular weight is 1640 g/mol. The molecule has 21 nitrogen and oxygen atoms in total. The van der Waals surface area contributed by atoms with E-state index in [9.17, 15) is 74.7 Å². The first-order valence-corrected chi connectivity index (χ1v) is 37.3. The molecule has 0 saturated heterocycles. The van der Waals surface area contributed by atoms with Crippen LogP contribution in [0.15, 0.2) is 340 Å². The van der Waals surface area contributed by atoms with E-state index in [1.807, 2.05) is 164 Å². The van der Waals surface area contributed by atoms with Gasteiger partial charge in [0.15, 0.2) is 34.7 Å². The van der Waals surface area contributed by atoms with E-state index in [1.54, 1.807) is 119 Å². The van der Waals surface area contributed by atoms with Crippen molar-refractivity contribution in [1.82, 2.24) is 0 Å². The molecule has 122 heavy (non-hydrogen) atoms. The van der Waals surface area contributed by atoms with Gasteiger partial charge in [0.1, 0.15) is 92.8 Å². The standard InChI is InChI=1S/C22H18O4.2C16H14O4.2C16H14O3.C15H12O3/c23-18-9-12-20(22(25)14-18)21(24)13-8-16-6-10-19(11-7-16)26-15-17-4-2-1-3-5-17;1-20-13-6-2-11(3-7-13)4-9-15(18)14-8-5-12(17)10-16(14)19;1-20-13-4-2-3-11(9-13)5-8-15(18)14-7-6-12(17)10-16(14)19;1-19-13-6-4-5-12(11-13)9-10-16(18)14-7-2-3-8-15(14)17;1-19-13-9-6-12(7-10-13)8-11-16(18)14-4-2-3-5-15(14)17;16-12-7-8-13(15(18)10-12)14(17)9-6-11-4-2-1-3-5-11/h1-14,23,25H,15H2;2*2-10,17,19H,1H3;2*2-11,17H,1H3;1-10,16,18H/b13-8+;9-4+;8-5+;10-9+;11-8+;9-6+. The Balaban J connectivity index is 0.000000183. The lowest BCUT2D eigenvalue weighted by Gasteiger charge is -2.06. The van der Waals surface area contributed by atoms with Gasteiger partial charge in [-0.05, 0) is 209 Å². The van der Waals surface area contributed by atoms with Crippen LogP contribution in [-0.4, -0.2) is 114 Å². The fourth-order valence-electron chi connectivity index (χ4n) is 10.7. The Labute approximate surface area is 704 Å². The molecule has 13 aromatic carbocycles. The Morgan fingerprint density at radius 3 is 0.754 bits per heavy atom. The van der Waals surface area contributed by atoms with Gasteiger partial charge >= 0.3 is 0 Å². The summed E-state index contributed by atoms with van der Waals surface area (Å²) in [6, 6.07) is 84.4. The highest BCUT2D eigenvalue weighted by Crippen LogP contribution is 2.30. The molecule has 13 rings (SSSR count). The second kappa shape index (κ2) is 47.4. The summed E-state index contributed by atoms with van der Waals surface area (Å²) in [7, 11) is 6.35. The van der Waals surface area contributed by atoms with Crippen molar-refractivity contribution in [3.05, 3.63) is 412 Å². The molecule has 0 bridgehead atoms. The number of ether oxygens (including phenoxy) is 5. The molecule has 0 aliphatic carbocycles. The number of allylic oxidation sites excluding steroid dienone is 6. The molecule has 0 spiro atoms. The first kappa shape index (κ1) is 90.9. The molecule has 0 fully saturated rings. The van der Waals surface area contributed by atoms with Crippen LogP contribution in [0.25, 0.3) is 36.5 Å². The summed E-state index contributed by atoms with van der Waals surface area (Å²) >= 11 is 0. The van der Waals surface area contributed by atoms with E-state index >= 15 is 0 Å². The van der Waals surface area contributed by atoms with Gasteiger partial charge in [-0.1, -0.05) is 182 Å². The number of carbonyl (C=O) groups is 6. The molecule has 616 valence electrons. The third kappa shape index (κ3) is 29.9. The van der Waals surface area contributed by atoms with Crippen LogP contribution in [0.4, 0.5) is 0 Å². The van der Waals surface area contributed by atoms with Gasteiger partial charge in [0.05, 0.1) is 61.8 Å². The van der Waals surface area contributed by atoms with E-state index in [0.717, 1.165) is 86.2 Å². The number of phenols is 10. The summed E-state index contributed by atoms with van der Waals surface area (Å²) in [5.41, 5.74) is 7.44. The highest BCUT2D eigenvalue weighted by molar-refractivity contribution is 6.12. The minimum absolute atomic E-state index is 0.00752. The number of phenolic OH excluding ortho intramolecular Hbond substituents is 10. The van der Waals surface area contributed by atoms with Gasteiger partial charge < -0.3 is 74.7 Å². The van der Waals surface area contributed by atoms with E-state index < -0.39 is 0 Å². The number of para-hydroxylation sites is 2. The Morgan fingerprint density at radius 1 is 0.221 bits per heavy atom. The van der Waals surface area contributed by atoms with Crippen molar-refractivity contribution in [2.75, 3.05) is 28.4 Å². The first-order valence-electron chi connectivity index (χ1n) is 37.3.